The van der Waals surface area contributed by atoms with Crippen LogP contribution in [0, 0.1) is 0 Å². The molecule has 2 N–H and O–H groups in total. The van der Waals surface area contributed by atoms with Crippen LogP contribution >= 0.6 is 0 Å². The Labute approximate surface area is 215 Å². The van der Waals surface area contributed by atoms with Gasteiger partial charge in [-0.05, 0) is 37.0 Å². The molecule has 196 valence electrons. The van der Waals surface area contributed by atoms with E-state index in [0.29, 0.717) is 18.5 Å². The van der Waals surface area contributed by atoms with Gasteiger partial charge >= 0.3 is 12.1 Å². The molecule has 1 aliphatic heterocycles. The zero-order valence-electron chi connectivity index (χ0n) is 20.7. The summed E-state index contributed by atoms with van der Waals surface area (Å²) in [6.45, 7) is 3.98. The van der Waals surface area contributed by atoms with Crippen LogP contribution in [-0.2, 0) is 27.2 Å². The number of alkyl halides is 3. The average molecular weight is 513 g/mol. The molecule has 1 aliphatic rings. The van der Waals surface area contributed by atoms with E-state index in [9.17, 15) is 18.0 Å². The van der Waals surface area contributed by atoms with Gasteiger partial charge in [0.2, 0.25) is 0 Å². The first-order chi connectivity index (χ1) is 17.6. The van der Waals surface area contributed by atoms with Crippen LogP contribution in [0.5, 0.6) is 0 Å². The van der Waals surface area contributed by atoms with Crippen molar-refractivity contribution in [3.05, 3.63) is 108 Å². The smallest absolute Gasteiger partial charge is 0.343 e. The fraction of sp³-hybridized carbons (Fsp3) is 0.345. The zero-order valence-corrected chi connectivity index (χ0v) is 20.7. The van der Waals surface area contributed by atoms with E-state index in [1.807, 2.05) is 60.7 Å². The van der Waals surface area contributed by atoms with Crippen LogP contribution in [0.1, 0.15) is 36.6 Å². The molecule has 37 heavy (non-hydrogen) atoms. The molecule has 0 spiro atoms. The van der Waals surface area contributed by atoms with Gasteiger partial charge in [0, 0.05) is 12.6 Å². The van der Waals surface area contributed by atoms with E-state index >= 15 is 0 Å². The van der Waals surface area contributed by atoms with Crippen molar-refractivity contribution in [2.75, 3.05) is 0 Å². The maximum Gasteiger partial charge on any atom is 0.471 e. The van der Waals surface area contributed by atoms with Crippen molar-refractivity contribution < 1.29 is 27.4 Å². The second kappa shape index (κ2) is 11.5. The van der Waals surface area contributed by atoms with Crippen LogP contribution in [0.15, 0.2) is 91.0 Å². The number of rotatable bonds is 9. The summed E-state index contributed by atoms with van der Waals surface area (Å²) in [7, 11) is 0. The summed E-state index contributed by atoms with van der Waals surface area (Å²) in [5.41, 5.74) is 2.59. The summed E-state index contributed by atoms with van der Waals surface area (Å²) in [4.78, 5) is 12.1. The Morgan fingerprint density at radius 1 is 0.838 bits per heavy atom. The molecule has 5 nitrogen and oxygen atoms in total. The fourth-order valence-electron chi connectivity index (χ4n) is 4.64. The van der Waals surface area contributed by atoms with Gasteiger partial charge in [0.25, 0.3) is 0 Å². The topological polar surface area (TPSA) is 59.6 Å². The number of hydrogen-bond acceptors (Lipinski definition) is 4. The molecular weight excluding hydrogens is 481 g/mol. The molecular formula is C29H31F3N2O3. The van der Waals surface area contributed by atoms with Crippen LogP contribution in [0.3, 0.4) is 0 Å². The molecule has 8 heteroatoms. The highest BCUT2D eigenvalue weighted by Crippen LogP contribution is 2.38. The molecule has 0 saturated carbocycles. The molecule has 0 radical (unpaired) electrons. The molecule has 1 heterocycles. The van der Waals surface area contributed by atoms with E-state index in [1.165, 1.54) is 0 Å². The third-order valence-corrected chi connectivity index (χ3v) is 6.30. The van der Waals surface area contributed by atoms with E-state index in [1.54, 1.807) is 44.2 Å². The van der Waals surface area contributed by atoms with Crippen molar-refractivity contribution in [3.63, 3.8) is 0 Å². The van der Waals surface area contributed by atoms with Crippen molar-refractivity contribution in [3.8, 4) is 0 Å². The third-order valence-electron chi connectivity index (χ3n) is 6.30. The summed E-state index contributed by atoms with van der Waals surface area (Å²) < 4.78 is 52.5. The van der Waals surface area contributed by atoms with Gasteiger partial charge in [-0.3, -0.25) is 4.79 Å². The lowest BCUT2D eigenvalue weighted by Crippen LogP contribution is -2.52. The number of benzene rings is 3. The van der Waals surface area contributed by atoms with Gasteiger partial charge in [0.1, 0.15) is 12.2 Å². The van der Waals surface area contributed by atoms with E-state index in [-0.39, 0.29) is 6.04 Å². The average Bonchev–Trinajstić information content (AvgIpc) is 3.21. The summed E-state index contributed by atoms with van der Waals surface area (Å²) in [6.07, 6.45) is -6.05. The first kappa shape index (κ1) is 26.9. The Balaban J connectivity index is 1.69. The second-order valence-corrected chi connectivity index (χ2v) is 9.59. The minimum atomic E-state index is -5.04. The fourth-order valence-corrected chi connectivity index (χ4v) is 4.64. The van der Waals surface area contributed by atoms with Gasteiger partial charge in [-0.15, -0.1) is 0 Å². The summed E-state index contributed by atoms with van der Waals surface area (Å²) in [5, 5.41) is 5.72. The number of hydrogen-bond donors (Lipinski definition) is 2. The van der Waals surface area contributed by atoms with E-state index in [2.05, 4.69) is 10.6 Å². The normalized spacial score (nSPS) is 20.8. The van der Waals surface area contributed by atoms with Crippen LogP contribution in [-0.4, -0.2) is 36.1 Å². The highest BCUT2D eigenvalue weighted by atomic mass is 19.4. The maximum absolute atomic E-state index is 13.3. The maximum atomic E-state index is 13.3. The Hall–Kier alpha value is -3.20. The second-order valence-electron chi connectivity index (χ2n) is 9.59. The molecule has 1 amide bonds. The molecule has 1 fully saturated rings. The monoisotopic (exact) mass is 512 g/mol. The largest absolute Gasteiger partial charge is 0.471 e. The molecule has 0 aromatic heterocycles. The van der Waals surface area contributed by atoms with Gasteiger partial charge in [0.15, 0.2) is 5.79 Å². The number of ether oxygens (including phenoxy) is 2. The van der Waals surface area contributed by atoms with Gasteiger partial charge in [-0.25, -0.2) is 0 Å². The lowest BCUT2D eigenvalue weighted by Gasteiger charge is -2.33. The molecule has 3 aromatic rings. The first-order valence-corrected chi connectivity index (χ1v) is 12.2. The number of amides is 1. The lowest BCUT2D eigenvalue weighted by atomic mass is 9.90. The number of carbonyl (C=O) groups excluding carboxylic acids is 1. The van der Waals surface area contributed by atoms with Crippen molar-refractivity contribution >= 4 is 5.91 Å². The standard InChI is InChI=1S/C29H31F3N2O3/c1-28(2)36-25(23(18-20-12-6-3-7-13-20)33-19-21-14-8-4-9-15-21)26(37-28)24(22-16-10-5-11-17-22)34-27(35)29(30,31)32/h3-17,23-26,33H,18-19H2,1-2H3,(H,34,35)/t23-,24-,25+,26+/m1/s1. The van der Waals surface area contributed by atoms with Gasteiger partial charge in [-0.2, -0.15) is 13.2 Å². The SMILES string of the molecule is CC1(C)O[C@@H]([C@H](NC(=O)C(F)(F)F)c2ccccc2)[C@H]([C@@H](Cc2ccccc2)NCc2ccccc2)O1. The van der Waals surface area contributed by atoms with Gasteiger partial charge in [0.05, 0.1) is 6.04 Å². The van der Waals surface area contributed by atoms with Crippen LogP contribution in [0.2, 0.25) is 0 Å². The molecule has 4 rings (SSSR count). The molecule has 0 bridgehead atoms. The van der Waals surface area contributed by atoms with E-state index in [4.69, 9.17) is 9.47 Å². The summed E-state index contributed by atoms with van der Waals surface area (Å²) >= 11 is 0. The zero-order chi connectivity index (χ0) is 26.5. The Kier molecular flexibility index (Phi) is 8.32. The molecule has 4 atom stereocenters. The first-order valence-electron chi connectivity index (χ1n) is 12.2. The molecule has 0 unspecified atom stereocenters. The third kappa shape index (κ3) is 7.19. The molecule has 3 aromatic carbocycles. The molecule has 0 aliphatic carbocycles. The Morgan fingerprint density at radius 2 is 1.35 bits per heavy atom. The number of halogens is 3. The summed E-state index contributed by atoms with van der Waals surface area (Å²) in [6, 6.07) is 26.7. The highest BCUT2D eigenvalue weighted by molar-refractivity contribution is 5.82. The number of carbonyl (C=O) groups is 1. The van der Waals surface area contributed by atoms with Crippen molar-refractivity contribution in [2.45, 2.75) is 63.1 Å². The highest BCUT2D eigenvalue weighted by Gasteiger charge is 2.51. The molecule has 1 saturated heterocycles. The van der Waals surface area contributed by atoms with Gasteiger partial charge < -0.3 is 20.1 Å². The van der Waals surface area contributed by atoms with E-state index < -0.39 is 36.1 Å². The van der Waals surface area contributed by atoms with Crippen LogP contribution in [0.25, 0.3) is 0 Å². The Morgan fingerprint density at radius 3 is 1.92 bits per heavy atom. The minimum absolute atomic E-state index is 0.330. The number of nitrogens with one attached hydrogen (secondary N) is 2. The summed E-state index contributed by atoms with van der Waals surface area (Å²) in [5.74, 6) is -3.10. The lowest BCUT2D eigenvalue weighted by molar-refractivity contribution is -0.176. The van der Waals surface area contributed by atoms with Crippen LogP contribution in [0.4, 0.5) is 13.2 Å². The van der Waals surface area contributed by atoms with Crippen molar-refractivity contribution in [1.82, 2.24) is 10.6 Å². The van der Waals surface area contributed by atoms with Crippen LogP contribution < -0.4 is 10.6 Å². The predicted molar refractivity (Wildman–Crippen MR) is 134 cm³/mol. The van der Waals surface area contributed by atoms with Gasteiger partial charge in [-0.1, -0.05) is 91.0 Å². The van der Waals surface area contributed by atoms with E-state index in [0.717, 1.165) is 11.1 Å². The predicted octanol–water partition coefficient (Wildman–Crippen LogP) is 5.33. The quantitative estimate of drug-likeness (QED) is 0.407. The minimum Gasteiger partial charge on any atom is -0.343 e. The van der Waals surface area contributed by atoms with Crippen molar-refractivity contribution in [2.24, 2.45) is 0 Å². The van der Waals surface area contributed by atoms with Crippen molar-refractivity contribution in [1.29, 1.82) is 0 Å². The Bertz CT molecular complexity index is 1140.